The predicted octanol–water partition coefficient (Wildman–Crippen LogP) is -3.09. The molecule has 0 aromatic carbocycles. The second kappa shape index (κ2) is 6.16. The number of carboxylic acids is 1. The molecular formula is C11H19N3O6. The summed E-state index contributed by atoms with van der Waals surface area (Å²) < 4.78 is 0. The lowest BCUT2D eigenvalue weighted by Gasteiger charge is -2.36. The zero-order chi connectivity index (χ0) is 15.5. The number of aliphatic carboxylic acids is 1. The summed E-state index contributed by atoms with van der Waals surface area (Å²) in [4.78, 5) is 33.6. The van der Waals surface area contributed by atoms with Gasteiger partial charge in [0, 0.05) is 0 Å². The van der Waals surface area contributed by atoms with Crippen LogP contribution >= 0.6 is 0 Å². The molecule has 0 radical (unpaired) electrons. The third-order valence-corrected chi connectivity index (χ3v) is 3.22. The molecule has 9 nitrogen and oxygen atoms in total. The number of aliphatic hydroxyl groups excluding tert-OH is 1. The number of β-amino-alcohol motifs (C(OH)–C–C–N with tert-alkyl or cyclic N) is 1. The molecule has 0 bridgehead atoms. The molecule has 4 atom stereocenters. The van der Waals surface area contributed by atoms with Gasteiger partial charge in [-0.15, -0.1) is 0 Å². The lowest BCUT2D eigenvalue weighted by molar-refractivity contribution is -0.153. The minimum atomic E-state index is -1.51. The van der Waals surface area contributed by atoms with Crippen molar-refractivity contribution in [1.82, 2.24) is 10.6 Å². The molecule has 1 rings (SSSR count). The molecule has 0 aliphatic carbocycles. The van der Waals surface area contributed by atoms with Crippen molar-refractivity contribution in [2.24, 2.45) is 5.73 Å². The third kappa shape index (κ3) is 3.65. The zero-order valence-electron chi connectivity index (χ0n) is 11.0. The van der Waals surface area contributed by atoms with Gasteiger partial charge in [-0.25, -0.2) is 4.79 Å². The van der Waals surface area contributed by atoms with E-state index in [0.29, 0.717) is 0 Å². The van der Waals surface area contributed by atoms with E-state index in [1.54, 1.807) is 0 Å². The Morgan fingerprint density at radius 3 is 2.50 bits per heavy atom. The molecular weight excluding hydrogens is 270 g/mol. The van der Waals surface area contributed by atoms with Crippen LogP contribution in [0, 0.1) is 0 Å². The van der Waals surface area contributed by atoms with Crippen LogP contribution < -0.4 is 16.4 Å². The third-order valence-electron chi connectivity index (χ3n) is 3.22. The second-order valence-electron chi connectivity index (χ2n) is 4.92. The molecule has 114 valence electrons. The maximum atomic E-state index is 11.7. The van der Waals surface area contributed by atoms with Crippen LogP contribution in [-0.2, 0) is 14.4 Å². The maximum absolute atomic E-state index is 11.7. The van der Waals surface area contributed by atoms with Crippen LogP contribution in [0.15, 0.2) is 0 Å². The van der Waals surface area contributed by atoms with Gasteiger partial charge in [0.25, 0.3) is 5.91 Å². The van der Waals surface area contributed by atoms with E-state index in [1.807, 2.05) is 0 Å². The average molecular weight is 289 g/mol. The van der Waals surface area contributed by atoms with Gasteiger partial charge >= 0.3 is 5.97 Å². The summed E-state index contributed by atoms with van der Waals surface area (Å²) >= 11 is 0. The van der Waals surface area contributed by atoms with Crippen molar-refractivity contribution >= 4 is 17.8 Å². The molecule has 1 aliphatic heterocycles. The Balaban J connectivity index is 2.46. The highest BCUT2D eigenvalue weighted by atomic mass is 16.4. The first-order chi connectivity index (χ1) is 9.17. The second-order valence-corrected chi connectivity index (χ2v) is 4.92. The molecule has 1 fully saturated rings. The van der Waals surface area contributed by atoms with Crippen LogP contribution in [0.2, 0.25) is 0 Å². The van der Waals surface area contributed by atoms with Crippen molar-refractivity contribution in [3.05, 3.63) is 0 Å². The number of nitrogens with two attached hydrogens (primary N) is 1. The first-order valence-corrected chi connectivity index (χ1v) is 6.15. The molecule has 7 N–H and O–H groups in total. The van der Waals surface area contributed by atoms with E-state index in [4.69, 9.17) is 10.8 Å². The number of amides is 2. The molecule has 0 unspecified atom stereocenters. The SMILES string of the molecule is C[C@H](O)[C@@H](NC(=O)[C@@H](N)CC[C@@]1(O)CNC1=O)C(=O)O. The largest absolute Gasteiger partial charge is 0.480 e. The summed E-state index contributed by atoms with van der Waals surface area (Å²) in [5, 5.41) is 32.2. The molecule has 1 heterocycles. The highest BCUT2D eigenvalue weighted by Gasteiger charge is 2.44. The summed E-state index contributed by atoms with van der Waals surface area (Å²) in [6, 6.07) is -2.53. The topological polar surface area (TPSA) is 162 Å². The number of hydrogen-bond donors (Lipinski definition) is 6. The van der Waals surface area contributed by atoms with Crippen molar-refractivity contribution in [1.29, 1.82) is 0 Å². The summed E-state index contributed by atoms with van der Waals surface area (Å²) in [5.41, 5.74) is 4.06. The Hall–Kier alpha value is -1.71. The minimum absolute atomic E-state index is 0.000162. The first kappa shape index (κ1) is 16.3. The molecule has 0 spiro atoms. The minimum Gasteiger partial charge on any atom is -0.480 e. The van der Waals surface area contributed by atoms with Crippen LogP contribution in [-0.4, -0.2) is 63.4 Å². The molecule has 20 heavy (non-hydrogen) atoms. The van der Waals surface area contributed by atoms with Crippen molar-refractivity contribution in [2.75, 3.05) is 6.54 Å². The lowest BCUT2D eigenvalue weighted by Crippen LogP contribution is -2.65. The molecule has 1 saturated heterocycles. The van der Waals surface area contributed by atoms with E-state index in [0.717, 1.165) is 0 Å². The fourth-order valence-corrected chi connectivity index (χ4v) is 1.74. The number of β-lactam (4-membered cyclic amide) rings is 1. The van der Waals surface area contributed by atoms with Crippen molar-refractivity contribution in [3.63, 3.8) is 0 Å². The Bertz CT molecular complexity index is 413. The normalized spacial score (nSPS) is 25.9. The predicted molar refractivity (Wildman–Crippen MR) is 66.4 cm³/mol. The van der Waals surface area contributed by atoms with E-state index in [1.165, 1.54) is 6.92 Å². The highest BCUT2D eigenvalue weighted by Crippen LogP contribution is 2.19. The van der Waals surface area contributed by atoms with Crippen LogP contribution in [0.4, 0.5) is 0 Å². The van der Waals surface area contributed by atoms with E-state index in [9.17, 15) is 24.6 Å². The average Bonchev–Trinajstić information content (AvgIpc) is 2.38. The summed E-state index contributed by atoms with van der Waals surface area (Å²) in [6.07, 6.45) is -1.26. The molecule has 9 heteroatoms. The number of nitrogens with one attached hydrogen (secondary N) is 2. The Labute approximate surface area is 115 Å². The highest BCUT2D eigenvalue weighted by molar-refractivity contribution is 5.91. The van der Waals surface area contributed by atoms with E-state index in [2.05, 4.69) is 10.6 Å². The van der Waals surface area contributed by atoms with Gasteiger partial charge in [-0.05, 0) is 19.8 Å². The number of carbonyl (C=O) groups excluding carboxylic acids is 2. The molecule has 2 amide bonds. The van der Waals surface area contributed by atoms with Gasteiger partial charge in [-0.2, -0.15) is 0 Å². The fourth-order valence-electron chi connectivity index (χ4n) is 1.74. The summed E-state index contributed by atoms with van der Waals surface area (Å²) in [5.74, 6) is -2.66. The van der Waals surface area contributed by atoms with Gasteiger partial charge in [0.1, 0.15) is 0 Å². The number of carboxylic acid groups (broad SMARTS) is 1. The summed E-state index contributed by atoms with van der Waals surface area (Å²) in [6.45, 7) is 1.33. The van der Waals surface area contributed by atoms with Gasteiger partial charge in [-0.3, -0.25) is 9.59 Å². The zero-order valence-corrected chi connectivity index (χ0v) is 11.0. The standard InChI is InChI=1S/C11H19N3O6/c1-5(15)7(9(17)18)14-8(16)6(12)2-3-11(20)4-13-10(11)19/h5-7,15,20H,2-4,12H2,1H3,(H,13,19)(H,14,16)(H,17,18)/t5-,6-,7+,11+/m0/s1. The Morgan fingerprint density at radius 1 is 1.55 bits per heavy atom. The van der Waals surface area contributed by atoms with Crippen LogP contribution in [0.3, 0.4) is 0 Å². The number of rotatable bonds is 7. The van der Waals surface area contributed by atoms with Crippen LogP contribution in [0.1, 0.15) is 19.8 Å². The number of hydrogen-bond acceptors (Lipinski definition) is 6. The quantitative estimate of drug-likeness (QED) is 0.270. The van der Waals surface area contributed by atoms with Gasteiger partial charge in [0.2, 0.25) is 5.91 Å². The van der Waals surface area contributed by atoms with Gasteiger partial charge in [0.15, 0.2) is 11.6 Å². The van der Waals surface area contributed by atoms with Crippen molar-refractivity contribution < 1.29 is 29.7 Å². The number of aliphatic hydroxyl groups is 2. The molecule has 0 saturated carbocycles. The van der Waals surface area contributed by atoms with E-state index in [-0.39, 0.29) is 19.4 Å². The van der Waals surface area contributed by atoms with E-state index >= 15 is 0 Å². The smallest absolute Gasteiger partial charge is 0.328 e. The number of carbonyl (C=O) groups is 3. The van der Waals surface area contributed by atoms with Gasteiger partial charge < -0.3 is 31.7 Å². The first-order valence-electron chi connectivity index (χ1n) is 6.15. The monoisotopic (exact) mass is 289 g/mol. The van der Waals surface area contributed by atoms with Crippen molar-refractivity contribution in [3.8, 4) is 0 Å². The van der Waals surface area contributed by atoms with E-state index < -0.39 is 41.6 Å². The summed E-state index contributed by atoms with van der Waals surface area (Å²) in [7, 11) is 0. The lowest BCUT2D eigenvalue weighted by atomic mass is 9.88. The van der Waals surface area contributed by atoms with Gasteiger partial charge in [0.05, 0.1) is 18.7 Å². The van der Waals surface area contributed by atoms with Crippen molar-refractivity contribution in [2.45, 2.75) is 43.6 Å². The van der Waals surface area contributed by atoms with Crippen LogP contribution in [0.25, 0.3) is 0 Å². The molecule has 0 aromatic heterocycles. The fraction of sp³-hybridized carbons (Fsp3) is 0.727. The molecule has 1 aliphatic rings. The maximum Gasteiger partial charge on any atom is 0.328 e. The Morgan fingerprint density at radius 2 is 2.15 bits per heavy atom. The Kier molecular flexibility index (Phi) is 5.03. The van der Waals surface area contributed by atoms with Gasteiger partial charge in [-0.1, -0.05) is 0 Å². The van der Waals surface area contributed by atoms with Crippen LogP contribution in [0.5, 0.6) is 0 Å². The molecule has 0 aromatic rings.